The van der Waals surface area contributed by atoms with Crippen molar-refractivity contribution in [2.24, 2.45) is 0 Å². The van der Waals surface area contributed by atoms with Crippen molar-refractivity contribution in [2.45, 2.75) is 76.7 Å². The average molecular weight is 719 g/mol. The zero-order valence-corrected chi connectivity index (χ0v) is 27.8. The molecule has 0 spiro atoms. The van der Waals surface area contributed by atoms with Crippen molar-refractivity contribution >= 4 is 39.0 Å². The average Bonchev–Trinajstić information content (AvgIpc) is 3.45. The van der Waals surface area contributed by atoms with E-state index in [4.69, 9.17) is 0 Å². The van der Waals surface area contributed by atoms with Gasteiger partial charge in [-0.3, -0.25) is 19.2 Å². The molecule has 49 heavy (non-hydrogen) atoms. The maximum absolute atomic E-state index is 13.2. The van der Waals surface area contributed by atoms with Gasteiger partial charge in [-0.25, -0.2) is 0 Å². The first kappa shape index (κ1) is 39.7. The first-order chi connectivity index (χ1) is 23.1. The number of benzene rings is 2. The number of carbonyl (C=O) groups is 3. The van der Waals surface area contributed by atoms with Crippen LogP contribution in [-0.2, 0) is 27.2 Å². The molecule has 0 unspecified atom stereocenters. The van der Waals surface area contributed by atoms with Crippen molar-refractivity contribution in [3.05, 3.63) is 62.8 Å². The molecule has 0 radical (unpaired) electrons. The van der Waals surface area contributed by atoms with Crippen LogP contribution in [0, 0.1) is 6.92 Å². The maximum atomic E-state index is 13.2. The summed E-state index contributed by atoms with van der Waals surface area (Å²) in [5.74, 6) is -6.46. The fraction of sp³-hybridized carbons (Fsp3) is 0.515. The van der Waals surface area contributed by atoms with Gasteiger partial charge in [-0.1, -0.05) is 66.5 Å². The molecule has 9 nitrogen and oxygen atoms in total. The van der Waals surface area contributed by atoms with Crippen molar-refractivity contribution in [1.82, 2.24) is 20.5 Å². The van der Waals surface area contributed by atoms with Crippen LogP contribution in [0.4, 0.5) is 26.3 Å². The van der Waals surface area contributed by atoms with Crippen LogP contribution in [0.5, 0.6) is 5.75 Å². The van der Waals surface area contributed by atoms with E-state index in [0.29, 0.717) is 24.5 Å². The Labute approximate surface area is 283 Å². The van der Waals surface area contributed by atoms with E-state index in [1.165, 1.54) is 30.4 Å². The normalized spacial score (nSPS) is 13.9. The smallest absolute Gasteiger partial charge is 0.458 e. The number of aromatic hydroxyl groups is 1. The highest BCUT2D eigenvalue weighted by atomic mass is 32.1. The molecule has 0 saturated heterocycles. The number of alkyl halides is 6. The molecule has 1 heterocycles. The molecule has 1 amide bonds. The number of phenolic OH excluding ortho intramolecular Hbond substituents is 1. The number of hydrogen-bond acceptors (Lipinski definition) is 8. The lowest BCUT2D eigenvalue weighted by molar-refractivity contribution is -0.193. The Kier molecular flexibility index (Phi) is 14.8. The number of Topliss-reactive ketones (excluding diaryl/α,β-unsaturated/α-hetero) is 2. The number of nitrogens with zero attached hydrogens (tertiary/aromatic N) is 1. The van der Waals surface area contributed by atoms with Crippen LogP contribution in [0.25, 0.3) is 10.2 Å². The quantitative estimate of drug-likeness (QED) is 0.100. The maximum Gasteiger partial charge on any atom is 0.458 e. The fourth-order valence-electron chi connectivity index (χ4n) is 5.54. The SMILES string of the molecule is Cc1cccc(CCNCCC(=O)N(CCNCCc2ccc(O)c3[nH]c(=O)sc23)C2CCCCC2)c1.O=C(C(=O)C(F)(F)F)C(F)(F)F. The Bertz CT molecular complexity index is 1590. The van der Waals surface area contributed by atoms with Crippen LogP contribution in [-0.4, -0.2) is 83.6 Å². The van der Waals surface area contributed by atoms with Crippen molar-refractivity contribution in [3.8, 4) is 5.75 Å². The molecule has 2 aromatic carbocycles. The molecular weight excluding hydrogens is 678 g/mol. The molecular formula is C33H40F6N4O5S. The second-order valence-electron chi connectivity index (χ2n) is 11.7. The van der Waals surface area contributed by atoms with Crippen LogP contribution >= 0.6 is 11.3 Å². The molecule has 1 aliphatic rings. The number of aromatic amines is 1. The summed E-state index contributed by atoms with van der Waals surface area (Å²) in [6.07, 6.45) is -3.41. The van der Waals surface area contributed by atoms with Crippen molar-refractivity contribution in [2.75, 3.05) is 32.7 Å². The minimum Gasteiger partial charge on any atom is -0.506 e. The zero-order chi connectivity index (χ0) is 36.2. The number of amides is 1. The molecule has 1 saturated carbocycles. The molecule has 0 bridgehead atoms. The van der Waals surface area contributed by atoms with E-state index >= 15 is 0 Å². The van der Waals surface area contributed by atoms with Crippen LogP contribution in [0.1, 0.15) is 55.2 Å². The van der Waals surface area contributed by atoms with Gasteiger partial charge in [-0.15, -0.1) is 0 Å². The molecule has 16 heteroatoms. The molecule has 270 valence electrons. The largest absolute Gasteiger partial charge is 0.506 e. The van der Waals surface area contributed by atoms with Gasteiger partial charge in [0.25, 0.3) is 0 Å². The highest BCUT2D eigenvalue weighted by molar-refractivity contribution is 7.16. The Morgan fingerprint density at radius 1 is 0.898 bits per heavy atom. The summed E-state index contributed by atoms with van der Waals surface area (Å²) in [4.78, 5) is 48.8. The topological polar surface area (TPSA) is 132 Å². The summed E-state index contributed by atoms with van der Waals surface area (Å²) in [7, 11) is 0. The van der Waals surface area contributed by atoms with Crippen molar-refractivity contribution in [1.29, 1.82) is 0 Å². The number of hydrogen-bond donors (Lipinski definition) is 4. The van der Waals surface area contributed by atoms with Gasteiger partial charge in [0.15, 0.2) is 0 Å². The summed E-state index contributed by atoms with van der Waals surface area (Å²) >= 11 is 1.14. The standard InChI is InChI=1S/C29H40N4O3S.C4F6O2/c1-21-6-5-7-22(20-21)12-15-30-17-14-26(35)33(24-8-3-2-4-9-24)19-18-31-16-13-23-10-11-25(34)27-28(23)37-29(36)32-27;5-3(6,7)1(11)2(12)4(8,9)10/h5-7,10-11,20,24,30-31,34H,2-4,8-9,12-19H2,1H3,(H,32,36);. The van der Waals surface area contributed by atoms with Gasteiger partial charge < -0.3 is 25.6 Å². The lowest BCUT2D eigenvalue weighted by Gasteiger charge is -2.34. The first-order valence-corrected chi connectivity index (χ1v) is 16.7. The second kappa shape index (κ2) is 18.3. The van der Waals surface area contributed by atoms with E-state index in [0.717, 1.165) is 73.5 Å². The van der Waals surface area contributed by atoms with Crippen LogP contribution in [0.3, 0.4) is 0 Å². The van der Waals surface area contributed by atoms with Crippen LogP contribution in [0.15, 0.2) is 41.2 Å². The van der Waals surface area contributed by atoms with Crippen molar-refractivity contribution < 1.29 is 45.8 Å². The van der Waals surface area contributed by atoms with E-state index in [1.807, 2.05) is 6.07 Å². The lowest BCUT2D eigenvalue weighted by Crippen LogP contribution is -2.45. The van der Waals surface area contributed by atoms with Gasteiger partial charge in [0, 0.05) is 32.1 Å². The van der Waals surface area contributed by atoms with Gasteiger partial charge in [0.05, 0.1) is 4.70 Å². The van der Waals surface area contributed by atoms with Gasteiger partial charge in [-0.2, -0.15) is 26.3 Å². The first-order valence-electron chi connectivity index (χ1n) is 15.9. The summed E-state index contributed by atoms with van der Waals surface area (Å²) in [5.41, 5.74) is 4.17. The summed E-state index contributed by atoms with van der Waals surface area (Å²) in [6, 6.07) is 12.5. The number of nitrogens with one attached hydrogen (secondary N) is 3. The minimum absolute atomic E-state index is 0.108. The van der Waals surface area contributed by atoms with Gasteiger partial charge in [0.2, 0.25) is 5.91 Å². The number of aromatic nitrogens is 1. The lowest BCUT2D eigenvalue weighted by atomic mass is 9.94. The van der Waals surface area contributed by atoms with Gasteiger partial charge >= 0.3 is 28.8 Å². The second-order valence-corrected chi connectivity index (χ2v) is 12.7. The zero-order valence-electron chi connectivity index (χ0n) is 26.9. The number of fused-ring (bicyclic) bond motifs is 1. The molecule has 1 aromatic heterocycles. The summed E-state index contributed by atoms with van der Waals surface area (Å²) < 4.78 is 67.8. The highest BCUT2D eigenvalue weighted by Gasteiger charge is 2.54. The molecule has 0 aliphatic heterocycles. The molecule has 4 rings (SSSR count). The Hall–Kier alpha value is -3.76. The molecule has 3 aromatic rings. The van der Waals surface area contributed by atoms with Crippen LogP contribution in [0.2, 0.25) is 0 Å². The predicted octanol–water partition coefficient (Wildman–Crippen LogP) is 5.37. The molecule has 0 atom stereocenters. The predicted molar refractivity (Wildman–Crippen MR) is 174 cm³/mol. The van der Waals surface area contributed by atoms with E-state index in [1.54, 1.807) is 6.07 Å². The van der Waals surface area contributed by atoms with E-state index in [2.05, 4.69) is 51.7 Å². The number of ketones is 2. The number of aryl methyl sites for hydroxylation is 1. The van der Waals surface area contributed by atoms with E-state index in [-0.39, 0.29) is 16.5 Å². The number of thiazole rings is 1. The minimum atomic E-state index is -5.77. The van der Waals surface area contributed by atoms with E-state index in [9.17, 15) is 50.6 Å². The van der Waals surface area contributed by atoms with Gasteiger partial charge in [0.1, 0.15) is 11.3 Å². The number of H-pyrrole nitrogens is 1. The third-order valence-corrected chi connectivity index (χ3v) is 8.94. The number of carbonyl (C=O) groups excluding carboxylic acids is 3. The molecule has 1 aliphatic carbocycles. The van der Waals surface area contributed by atoms with Crippen LogP contribution < -0.4 is 15.5 Å². The molecule has 1 fully saturated rings. The Balaban J connectivity index is 0.000000463. The Morgan fingerprint density at radius 2 is 1.53 bits per heavy atom. The number of phenols is 1. The number of halogens is 6. The molecule has 4 N–H and O–H groups in total. The van der Waals surface area contributed by atoms with Gasteiger partial charge in [-0.05, 0) is 62.9 Å². The monoisotopic (exact) mass is 718 g/mol. The third kappa shape index (κ3) is 12.6. The van der Waals surface area contributed by atoms with E-state index < -0.39 is 23.9 Å². The third-order valence-electron chi connectivity index (χ3n) is 7.99. The Morgan fingerprint density at radius 3 is 2.16 bits per heavy atom. The summed E-state index contributed by atoms with van der Waals surface area (Å²) in [5, 5.41) is 16.9. The summed E-state index contributed by atoms with van der Waals surface area (Å²) in [6.45, 7) is 5.91. The van der Waals surface area contributed by atoms with Crippen molar-refractivity contribution in [3.63, 3.8) is 0 Å². The fourth-order valence-corrected chi connectivity index (χ4v) is 6.44. The highest BCUT2D eigenvalue weighted by Crippen LogP contribution is 2.28. The number of rotatable bonds is 14.